The summed E-state index contributed by atoms with van der Waals surface area (Å²) in [6.45, 7) is 0. The molecule has 0 aliphatic heterocycles. The van der Waals surface area contributed by atoms with Gasteiger partial charge in [0.15, 0.2) is 0 Å². The molecule has 0 saturated carbocycles. The molecular formula is C47H30N2S2. The van der Waals surface area contributed by atoms with E-state index >= 15 is 0 Å². The molecule has 0 aliphatic rings. The molecule has 0 aliphatic carbocycles. The highest BCUT2D eigenvalue weighted by Gasteiger charge is 2.18. The molecule has 2 nitrogen and oxygen atoms in total. The summed E-state index contributed by atoms with van der Waals surface area (Å²) in [6.07, 6.45) is 0. The highest BCUT2D eigenvalue weighted by Crippen LogP contribution is 2.45. The van der Waals surface area contributed by atoms with Gasteiger partial charge in [0, 0.05) is 42.8 Å². The first-order valence-electron chi connectivity index (χ1n) is 17.1. The summed E-state index contributed by atoms with van der Waals surface area (Å²) in [6, 6.07) is 65.5. The van der Waals surface area contributed by atoms with Crippen molar-refractivity contribution >= 4 is 80.9 Å². The molecule has 51 heavy (non-hydrogen) atoms. The van der Waals surface area contributed by atoms with Crippen molar-refractivity contribution in [3.8, 4) is 32.8 Å². The molecule has 8 aromatic carbocycles. The second-order valence-corrected chi connectivity index (χ2v) is 14.8. The third kappa shape index (κ3) is 5.20. The van der Waals surface area contributed by atoms with Gasteiger partial charge in [0.25, 0.3) is 0 Å². The molecule has 0 fully saturated rings. The number of rotatable bonds is 6. The van der Waals surface area contributed by atoms with Crippen molar-refractivity contribution in [3.05, 3.63) is 182 Å². The number of fused-ring (bicyclic) bond motifs is 6. The van der Waals surface area contributed by atoms with E-state index in [1.54, 1.807) is 11.3 Å². The Bertz CT molecular complexity index is 2840. The van der Waals surface area contributed by atoms with Crippen LogP contribution in [0.4, 0.5) is 17.1 Å². The zero-order valence-electron chi connectivity index (χ0n) is 27.5. The maximum atomic E-state index is 5.06. The zero-order chi connectivity index (χ0) is 33.7. The zero-order valence-corrected chi connectivity index (χ0v) is 29.2. The topological polar surface area (TPSA) is 16.1 Å². The number of benzene rings is 8. The minimum Gasteiger partial charge on any atom is -0.310 e. The van der Waals surface area contributed by atoms with Gasteiger partial charge >= 0.3 is 0 Å². The van der Waals surface area contributed by atoms with Gasteiger partial charge in [-0.3, -0.25) is 0 Å². The summed E-state index contributed by atoms with van der Waals surface area (Å²) < 4.78 is 3.82. The van der Waals surface area contributed by atoms with E-state index in [4.69, 9.17) is 4.98 Å². The number of para-hydroxylation sites is 1. The Hall–Kier alpha value is -6.07. The minimum absolute atomic E-state index is 1.05. The van der Waals surface area contributed by atoms with Gasteiger partial charge in [0.1, 0.15) is 5.01 Å². The highest BCUT2D eigenvalue weighted by atomic mass is 32.1. The molecular weight excluding hydrogens is 657 g/mol. The lowest BCUT2D eigenvalue weighted by Crippen LogP contribution is -2.09. The number of anilines is 3. The first kappa shape index (κ1) is 29.8. The molecule has 10 rings (SSSR count). The first-order chi connectivity index (χ1) is 25.3. The second kappa shape index (κ2) is 12.4. The average Bonchev–Trinajstić information content (AvgIpc) is 3.81. The quantitative estimate of drug-likeness (QED) is 0.173. The van der Waals surface area contributed by atoms with Crippen LogP contribution in [0.25, 0.3) is 74.0 Å². The standard InChI is InChI=1S/C47H30N2S2/c1-4-12-31(13-5-1)37-25-26-38(40-19-11-10-18-39(37)40)32-20-22-35(23-21-32)49(34-16-8-3-9-17-34)36-24-28-43-41(30-36)45-44(50-43)29-27-42-46(45)51-47(48-42)33-14-6-2-7-15-33/h1-30H. The third-order valence-corrected chi connectivity index (χ3v) is 12.0. The Morgan fingerprint density at radius 3 is 1.63 bits per heavy atom. The van der Waals surface area contributed by atoms with Crippen LogP contribution in [-0.4, -0.2) is 4.98 Å². The normalized spacial score (nSPS) is 11.5. The van der Waals surface area contributed by atoms with Crippen molar-refractivity contribution in [2.75, 3.05) is 4.90 Å². The molecule has 0 bridgehead atoms. The Morgan fingerprint density at radius 2 is 0.941 bits per heavy atom. The van der Waals surface area contributed by atoms with Gasteiger partial charge in [-0.2, -0.15) is 0 Å². The molecule has 0 saturated heterocycles. The van der Waals surface area contributed by atoms with E-state index in [2.05, 4.69) is 187 Å². The third-order valence-electron chi connectivity index (χ3n) is 9.71. The van der Waals surface area contributed by atoms with Crippen LogP contribution >= 0.6 is 22.7 Å². The molecule has 0 radical (unpaired) electrons. The molecule has 2 aromatic heterocycles. The SMILES string of the molecule is c1ccc(-c2nc3ccc4sc5ccc(N(c6ccccc6)c6ccc(-c7ccc(-c8ccccc8)c8ccccc78)cc6)cc5c4c3s2)cc1. The lowest BCUT2D eigenvalue weighted by atomic mass is 9.92. The van der Waals surface area contributed by atoms with Gasteiger partial charge in [-0.1, -0.05) is 127 Å². The largest absolute Gasteiger partial charge is 0.310 e. The molecule has 4 heteroatoms. The van der Waals surface area contributed by atoms with Crippen molar-refractivity contribution in [3.63, 3.8) is 0 Å². The van der Waals surface area contributed by atoms with Gasteiger partial charge < -0.3 is 4.90 Å². The molecule has 0 unspecified atom stereocenters. The molecule has 0 amide bonds. The van der Waals surface area contributed by atoms with E-state index in [1.807, 2.05) is 11.3 Å². The van der Waals surface area contributed by atoms with Crippen LogP contribution in [0.3, 0.4) is 0 Å². The first-order valence-corrected chi connectivity index (χ1v) is 18.8. The molecule has 2 heterocycles. The van der Waals surface area contributed by atoms with Gasteiger partial charge in [-0.25, -0.2) is 4.98 Å². The van der Waals surface area contributed by atoms with Crippen LogP contribution in [0.15, 0.2) is 182 Å². The molecule has 10 aromatic rings. The fourth-order valence-electron chi connectivity index (χ4n) is 7.31. The Balaban J connectivity index is 1.09. The van der Waals surface area contributed by atoms with Crippen molar-refractivity contribution in [2.24, 2.45) is 0 Å². The van der Waals surface area contributed by atoms with E-state index in [0.717, 1.165) is 33.1 Å². The summed E-state index contributed by atoms with van der Waals surface area (Å²) in [7, 11) is 0. The van der Waals surface area contributed by atoms with Crippen LogP contribution in [0.5, 0.6) is 0 Å². The van der Waals surface area contributed by atoms with Crippen molar-refractivity contribution in [1.82, 2.24) is 4.98 Å². The number of hydrogen-bond donors (Lipinski definition) is 0. The molecule has 0 spiro atoms. The number of hydrogen-bond acceptors (Lipinski definition) is 4. The van der Waals surface area contributed by atoms with E-state index in [-0.39, 0.29) is 0 Å². The van der Waals surface area contributed by atoms with Crippen LogP contribution in [0.2, 0.25) is 0 Å². The number of nitrogens with zero attached hydrogens (tertiary/aromatic N) is 2. The van der Waals surface area contributed by atoms with Gasteiger partial charge in [0.05, 0.1) is 10.2 Å². The van der Waals surface area contributed by atoms with E-state index in [9.17, 15) is 0 Å². The summed E-state index contributed by atoms with van der Waals surface area (Å²) in [5, 5.41) is 6.14. The minimum atomic E-state index is 1.05. The summed E-state index contributed by atoms with van der Waals surface area (Å²) >= 11 is 3.64. The van der Waals surface area contributed by atoms with Crippen LogP contribution < -0.4 is 4.90 Å². The van der Waals surface area contributed by atoms with Crippen LogP contribution in [-0.2, 0) is 0 Å². The molecule has 240 valence electrons. The Morgan fingerprint density at radius 1 is 0.392 bits per heavy atom. The average molecular weight is 687 g/mol. The van der Waals surface area contributed by atoms with Gasteiger partial charge in [-0.05, 0) is 87.6 Å². The fraction of sp³-hybridized carbons (Fsp3) is 0. The van der Waals surface area contributed by atoms with Crippen molar-refractivity contribution in [1.29, 1.82) is 0 Å². The predicted octanol–water partition coefficient (Wildman–Crippen LogP) is 14.3. The number of thiophene rings is 1. The van der Waals surface area contributed by atoms with Crippen LogP contribution in [0, 0.1) is 0 Å². The van der Waals surface area contributed by atoms with Crippen molar-refractivity contribution < 1.29 is 0 Å². The van der Waals surface area contributed by atoms with E-state index < -0.39 is 0 Å². The fourth-order valence-corrected chi connectivity index (χ4v) is 9.60. The van der Waals surface area contributed by atoms with E-state index in [1.165, 1.54) is 57.9 Å². The Kier molecular flexibility index (Phi) is 7.23. The summed E-state index contributed by atoms with van der Waals surface area (Å²) in [4.78, 5) is 7.42. The predicted molar refractivity (Wildman–Crippen MR) is 221 cm³/mol. The van der Waals surface area contributed by atoms with Gasteiger partial charge in [-0.15, -0.1) is 22.7 Å². The van der Waals surface area contributed by atoms with Crippen molar-refractivity contribution in [2.45, 2.75) is 0 Å². The Labute approximate surface area is 304 Å². The monoisotopic (exact) mass is 686 g/mol. The summed E-state index contributed by atoms with van der Waals surface area (Å²) in [5.74, 6) is 0. The lowest BCUT2D eigenvalue weighted by Gasteiger charge is -2.26. The summed E-state index contributed by atoms with van der Waals surface area (Å²) in [5.41, 5.74) is 10.5. The van der Waals surface area contributed by atoms with Crippen LogP contribution in [0.1, 0.15) is 0 Å². The smallest absolute Gasteiger partial charge is 0.124 e. The molecule has 0 atom stereocenters. The maximum absolute atomic E-state index is 5.06. The highest BCUT2D eigenvalue weighted by molar-refractivity contribution is 7.28. The lowest BCUT2D eigenvalue weighted by molar-refractivity contribution is 1.29. The second-order valence-electron chi connectivity index (χ2n) is 12.7. The number of aromatic nitrogens is 1. The molecule has 0 N–H and O–H groups in total. The number of thiazole rings is 1. The van der Waals surface area contributed by atoms with E-state index in [0.29, 0.717) is 0 Å². The van der Waals surface area contributed by atoms with Gasteiger partial charge in [0.2, 0.25) is 0 Å². The maximum Gasteiger partial charge on any atom is 0.124 e.